The first-order valence-electron chi connectivity index (χ1n) is 5.07. The third-order valence-corrected chi connectivity index (χ3v) is 2.39. The van der Waals surface area contributed by atoms with Crippen LogP contribution < -0.4 is 11.1 Å². The number of H-pyrrole nitrogens is 1. The maximum atomic E-state index is 5.47. The van der Waals surface area contributed by atoms with Crippen molar-refractivity contribution in [2.45, 2.75) is 26.8 Å². The van der Waals surface area contributed by atoms with E-state index in [-0.39, 0.29) is 6.04 Å². The second-order valence-corrected chi connectivity index (χ2v) is 3.78. The summed E-state index contributed by atoms with van der Waals surface area (Å²) in [5.74, 6) is 2.59. The Balaban J connectivity index is 2.14. The van der Waals surface area contributed by atoms with Crippen LogP contribution in [0.1, 0.15) is 30.0 Å². The highest BCUT2D eigenvalue weighted by Gasteiger charge is 2.13. The van der Waals surface area contributed by atoms with Crippen molar-refractivity contribution < 1.29 is 4.42 Å². The SMILES string of the molecule is Cc1cc(C(C)Nc2n[nH]c(N)n2)c(C)o1. The number of anilines is 2. The lowest BCUT2D eigenvalue weighted by Crippen LogP contribution is -2.08. The van der Waals surface area contributed by atoms with Crippen LogP contribution in [-0.4, -0.2) is 15.2 Å². The molecule has 4 N–H and O–H groups in total. The molecule has 2 aromatic rings. The summed E-state index contributed by atoms with van der Waals surface area (Å²) in [5, 5.41) is 9.63. The molecule has 1 atom stereocenters. The molecule has 0 radical (unpaired) electrons. The van der Waals surface area contributed by atoms with E-state index in [2.05, 4.69) is 20.5 Å². The number of nitrogens with zero attached hydrogens (tertiary/aromatic N) is 2. The van der Waals surface area contributed by atoms with Gasteiger partial charge in [0.05, 0.1) is 6.04 Å². The molecule has 0 saturated heterocycles. The molecular formula is C10H15N5O. The summed E-state index contributed by atoms with van der Waals surface area (Å²) >= 11 is 0. The number of hydrogen-bond acceptors (Lipinski definition) is 5. The van der Waals surface area contributed by atoms with Crippen molar-refractivity contribution in [1.82, 2.24) is 15.2 Å². The normalized spacial score (nSPS) is 12.7. The van der Waals surface area contributed by atoms with Crippen molar-refractivity contribution in [3.8, 4) is 0 Å². The molecule has 0 fully saturated rings. The molecule has 0 aromatic carbocycles. The molecule has 2 heterocycles. The fourth-order valence-electron chi connectivity index (χ4n) is 1.69. The van der Waals surface area contributed by atoms with E-state index in [4.69, 9.17) is 10.2 Å². The minimum absolute atomic E-state index is 0.0765. The number of aryl methyl sites for hydroxylation is 2. The van der Waals surface area contributed by atoms with E-state index in [1.807, 2.05) is 26.8 Å². The summed E-state index contributed by atoms with van der Waals surface area (Å²) in [5.41, 5.74) is 6.54. The zero-order valence-corrected chi connectivity index (χ0v) is 9.53. The summed E-state index contributed by atoms with van der Waals surface area (Å²) in [7, 11) is 0. The number of nitrogens with one attached hydrogen (secondary N) is 2. The van der Waals surface area contributed by atoms with Crippen molar-refractivity contribution in [3.63, 3.8) is 0 Å². The van der Waals surface area contributed by atoms with Gasteiger partial charge < -0.3 is 15.5 Å². The Morgan fingerprint density at radius 3 is 2.75 bits per heavy atom. The van der Waals surface area contributed by atoms with Crippen LogP contribution >= 0.6 is 0 Å². The molecular weight excluding hydrogens is 206 g/mol. The van der Waals surface area contributed by atoms with Gasteiger partial charge in [-0.3, -0.25) is 0 Å². The van der Waals surface area contributed by atoms with Crippen molar-refractivity contribution >= 4 is 11.9 Å². The summed E-state index contributed by atoms with van der Waals surface area (Å²) in [4.78, 5) is 3.98. The molecule has 2 aromatic heterocycles. The predicted molar refractivity (Wildman–Crippen MR) is 61.0 cm³/mol. The minimum Gasteiger partial charge on any atom is -0.466 e. The standard InChI is InChI=1S/C10H15N5O/c1-5-4-8(7(3)16-5)6(2)12-10-13-9(11)14-15-10/h4,6H,1-3H3,(H4,11,12,13,14,15). The van der Waals surface area contributed by atoms with Crippen LogP contribution in [0, 0.1) is 13.8 Å². The second kappa shape index (κ2) is 3.88. The van der Waals surface area contributed by atoms with E-state index < -0.39 is 0 Å². The number of aromatic nitrogens is 3. The van der Waals surface area contributed by atoms with Crippen LogP contribution in [0.25, 0.3) is 0 Å². The quantitative estimate of drug-likeness (QED) is 0.734. The van der Waals surface area contributed by atoms with Crippen LogP contribution in [0.4, 0.5) is 11.9 Å². The molecule has 0 aliphatic heterocycles. The molecule has 2 rings (SSSR count). The van der Waals surface area contributed by atoms with Crippen molar-refractivity contribution in [2.24, 2.45) is 0 Å². The summed E-state index contributed by atoms with van der Waals surface area (Å²) < 4.78 is 5.47. The summed E-state index contributed by atoms with van der Waals surface area (Å²) in [6.45, 7) is 5.88. The highest BCUT2D eigenvalue weighted by atomic mass is 16.3. The number of hydrogen-bond donors (Lipinski definition) is 3. The molecule has 0 aliphatic rings. The third kappa shape index (κ3) is 2.00. The van der Waals surface area contributed by atoms with E-state index >= 15 is 0 Å². The van der Waals surface area contributed by atoms with Gasteiger partial charge in [-0.05, 0) is 26.8 Å². The molecule has 0 bridgehead atoms. The van der Waals surface area contributed by atoms with E-state index in [9.17, 15) is 0 Å². The molecule has 0 amide bonds. The monoisotopic (exact) mass is 221 g/mol. The van der Waals surface area contributed by atoms with Gasteiger partial charge in [-0.2, -0.15) is 4.98 Å². The predicted octanol–water partition coefficient (Wildman–Crippen LogP) is 1.77. The highest BCUT2D eigenvalue weighted by molar-refractivity contribution is 5.35. The van der Waals surface area contributed by atoms with Gasteiger partial charge >= 0.3 is 0 Å². The fourth-order valence-corrected chi connectivity index (χ4v) is 1.69. The first kappa shape index (κ1) is 10.5. The number of aromatic amines is 1. The van der Waals surface area contributed by atoms with Gasteiger partial charge in [-0.25, -0.2) is 5.10 Å². The van der Waals surface area contributed by atoms with Gasteiger partial charge in [0.2, 0.25) is 11.9 Å². The van der Waals surface area contributed by atoms with E-state index in [1.54, 1.807) is 0 Å². The molecule has 0 spiro atoms. The molecule has 86 valence electrons. The van der Waals surface area contributed by atoms with Gasteiger partial charge in [-0.1, -0.05) is 0 Å². The van der Waals surface area contributed by atoms with Gasteiger partial charge in [0, 0.05) is 5.56 Å². The maximum Gasteiger partial charge on any atom is 0.244 e. The van der Waals surface area contributed by atoms with Gasteiger partial charge in [-0.15, -0.1) is 5.10 Å². The Hall–Kier alpha value is -1.98. The number of nitrogens with two attached hydrogens (primary N) is 1. The number of furan rings is 1. The van der Waals surface area contributed by atoms with Gasteiger partial charge in [0.25, 0.3) is 0 Å². The van der Waals surface area contributed by atoms with Crippen LogP contribution in [-0.2, 0) is 0 Å². The topological polar surface area (TPSA) is 92.8 Å². The fraction of sp³-hybridized carbons (Fsp3) is 0.400. The largest absolute Gasteiger partial charge is 0.466 e. The minimum atomic E-state index is 0.0765. The lowest BCUT2D eigenvalue weighted by atomic mass is 10.1. The average Bonchev–Trinajstić information content (AvgIpc) is 2.73. The molecule has 16 heavy (non-hydrogen) atoms. The Labute approximate surface area is 93.2 Å². The number of rotatable bonds is 3. The first-order valence-corrected chi connectivity index (χ1v) is 5.07. The lowest BCUT2D eigenvalue weighted by Gasteiger charge is -2.10. The Morgan fingerprint density at radius 2 is 2.25 bits per heavy atom. The van der Waals surface area contributed by atoms with Crippen LogP contribution in [0.2, 0.25) is 0 Å². The summed E-state index contributed by atoms with van der Waals surface area (Å²) in [6, 6.07) is 2.08. The van der Waals surface area contributed by atoms with Crippen molar-refractivity contribution in [2.75, 3.05) is 11.1 Å². The zero-order valence-electron chi connectivity index (χ0n) is 9.53. The molecule has 6 nitrogen and oxygen atoms in total. The van der Waals surface area contributed by atoms with Crippen molar-refractivity contribution in [3.05, 3.63) is 23.2 Å². The molecule has 6 heteroatoms. The highest BCUT2D eigenvalue weighted by Crippen LogP contribution is 2.23. The zero-order chi connectivity index (χ0) is 11.7. The van der Waals surface area contributed by atoms with Gasteiger partial charge in [0.15, 0.2) is 0 Å². The van der Waals surface area contributed by atoms with E-state index in [0.29, 0.717) is 11.9 Å². The van der Waals surface area contributed by atoms with Crippen LogP contribution in [0.3, 0.4) is 0 Å². The number of nitrogen functional groups attached to an aromatic ring is 1. The second-order valence-electron chi connectivity index (χ2n) is 3.78. The average molecular weight is 221 g/mol. The van der Waals surface area contributed by atoms with Crippen molar-refractivity contribution in [1.29, 1.82) is 0 Å². The Kier molecular flexibility index (Phi) is 2.55. The van der Waals surface area contributed by atoms with E-state index in [1.165, 1.54) is 0 Å². The molecule has 0 saturated carbocycles. The van der Waals surface area contributed by atoms with E-state index in [0.717, 1.165) is 17.1 Å². The molecule has 1 unspecified atom stereocenters. The third-order valence-electron chi connectivity index (χ3n) is 2.39. The van der Waals surface area contributed by atoms with Crippen LogP contribution in [0.5, 0.6) is 0 Å². The van der Waals surface area contributed by atoms with Gasteiger partial charge in [0.1, 0.15) is 11.5 Å². The Morgan fingerprint density at radius 1 is 1.50 bits per heavy atom. The smallest absolute Gasteiger partial charge is 0.244 e. The molecule has 0 aliphatic carbocycles. The van der Waals surface area contributed by atoms with Crippen LogP contribution in [0.15, 0.2) is 10.5 Å². The lowest BCUT2D eigenvalue weighted by molar-refractivity contribution is 0.499. The first-order chi connectivity index (χ1) is 7.56. The summed E-state index contributed by atoms with van der Waals surface area (Å²) in [6.07, 6.45) is 0. The maximum absolute atomic E-state index is 5.47. The Bertz CT molecular complexity index is 487.